The van der Waals surface area contributed by atoms with Gasteiger partial charge in [-0.2, -0.15) is 10.4 Å². The van der Waals surface area contributed by atoms with E-state index >= 15 is 0 Å². The number of halogens is 1. The van der Waals surface area contributed by atoms with Crippen molar-refractivity contribution in [2.24, 2.45) is 0 Å². The number of benzene rings is 2. The number of hydrogen-bond donors (Lipinski definition) is 0. The second kappa shape index (κ2) is 9.69. The summed E-state index contributed by atoms with van der Waals surface area (Å²) in [5.74, 6) is 0.376. The van der Waals surface area contributed by atoms with Crippen molar-refractivity contribution in [2.75, 3.05) is 32.7 Å². The Bertz CT molecular complexity index is 1220. The van der Waals surface area contributed by atoms with Crippen molar-refractivity contribution in [2.45, 2.75) is 32.9 Å². The smallest absolute Gasteiger partial charge is 0.410 e. The molecule has 0 atom stereocenters. The number of aromatic nitrogens is 2. The summed E-state index contributed by atoms with van der Waals surface area (Å²) in [5.41, 5.74) is 0.624. The lowest BCUT2D eigenvalue weighted by Crippen LogP contribution is -2.50. The Morgan fingerprint density at radius 2 is 1.88 bits per heavy atom. The van der Waals surface area contributed by atoms with Gasteiger partial charge in [0, 0.05) is 38.1 Å². The molecule has 2 heterocycles. The Morgan fingerprint density at radius 1 is 1.12 bits per heavy atom. The van der Waals surface area contributed by atoms with Crippen LogP contribution in [-0.2, 0) is 11.3 Å². The third-order valence-corrected chi connectivity index (χ3v) is 5.56. The molecule has 0 aliphatic carbocycles. The van der Waals surface area contributed by atoms with Gasteiger partial charge in [-0.15, -0.1) is 0 Å². The molecule has 1 aliphatic rings. The fourth-order valence-electron chi connectivity index (χ4n) is 3.83. The van der Waals surface area contributed by atoms with E-state index in [-0.39, 0.29) is 11.7 Å². The van der Waals surface area contributed by atoms with Crippen LogP contribution in [0.3, 0.4) is 0 Å². The van der Waals surface area contributed by atoms with Crippen LogP contribution in [0.1, 0.15) is 26.3 Å². The molecule has 1 aliphatic heterocycles. The summed E-state index contributed by atoms with van der Waals surface area (Å²) in [4.78, 5) is 16.3. The van der Waals surface area contributed by atoms with Gasteiger partial charge >= 0.3 is 6.09 Å². The normalized spacial score (nSPS) is 14.7. The molecule has 0 N–H and O–H groups in total. The van der Waals surface area contributed by atoms with Crippen LogP contribution < -0.4 is 4.74 Å². The molecule has 8 nitrogen and oxygen atoms in total. The van der Waals surface area contributed by atoms with Crippen LogP contribution in [0.15, 0.2) is 42.6 Å². The number of nitriles is 1. The van der Waals surface area contributed by atoms with Gasteiger partial charge in [-0.1, -0.05) is 0 Å². The van der Waals surface area contributed by atoms with E-state index in [0.717, 1.165) is 36.6 Å². The minimum atomic E-state index is -0.489. The summed E-state index contributed by atoms with van der Waals surface area (Å²) in [6.07, 6.45) is 1.52. The van der Waals surface area contributed by atoms with Gasteiger partial charge in [0.15, 0.2) is 0 Å². The zero-order valence-corrected chi connectivity index (χ0v) is 19.6. The predicted molar refractivity (Wildman–Crippen MR) is 125 cm³/mol. The predicted octanol–water partition coefficient (Wildman–Crippen LogP) is 4.39. The SMILES string of the molecule is CC(C)(C)OC(=O)N1CCN(CCn2ncc3cc(Oc4ccc(F)cc4C#N)ccc32)CC1. The maximum absolute atomic E-state index is 13.4. The van der Waals surface area contributed by atoms with Crippen molar-refractivity contribution in [3.63, 3.8) is 0 Å². The Kier molecular flexibility index (Phi) is 6.70. The lowest BCUT2D eigenvalue weighted by molar-refractivity contribution is 0.0142. The fraction of sp³-hybridized carbons (Fsp3) is 0.400. The molecule has 0 bridgehead atoms. The van der Waals surface area contributed by atoms with E-state index in [1.807, 2.05) is 49.7 Å². The number of nitrogens with zero attached hydrogens (tertiary/aromatic N) is 5. The van der Waals surface area contributed by atoms with Crippen molar-refractivity contribution in [3.8, 4) is 17.6 Å². The van der Waals surface area contributed by atoms with E-state index in [1.165, 1.54) is 12.1 Å². The first-order valence-electron chi connectivity index (χ1n) is 11.3. The van der Waals surface area contributed by atoms with E-state index in [0.29, 0.717) is 31.1 Å². The van der Waals surface area contributed by atoms with Crippen molar-refractivity contribution in [1.29, 1.82) is 5.26 Å². The number of ether oxygens (including phenoxy) is 2. The van der Waals surface area contributed by atoms with E-state index in [1.54, 1.807) is 11.1 Å². The number of carbonyl (C=O) groups is 1. The minimum Gasteiger partial charge on any atom is -0.456 e. The largest absolute Gasteiger partial charge is 0.456 e. The molecular formula is C25H28FN5O3. The second-order valence-corrected chi connectivity index (χ2v) is 9.25. The molecule has 3 aromatic rings. The molecule has 0 unspecified atom stereocenters. The van der Waals surface area contributed by atoms with Gasteiger partial charge in [-0.05, 0) is 57.2 Å². The molecule has 34 heavy (non-hydrogen) atoms. The molecular weight excluding hydrogens is 437 g/mol. The molecule has 4 rings (SSSR count). The molecule has 1 amide bonds. The molecule has 0 saturated carbocycles. The molecule has 2 aromatic carbocycles. The lowest BCUT2D eigenvalue weighted by atomic mass is 10.2. The van der Waals surface area contributed by atoms with Crippen LogP contribution in [0.25, 0.3) is 10.9 Å². The third kappa shape index (κ3) is 5.64. The third-order valence-electron chi connectivity index (χ3n) is 5.56. The van der Waals surface area contributed by atoms with Gasteiger partial charge in [-0.3, -0.25) is 9.58 Å². The molecule has 9 heteroatoms. The van der Waals surface area contributed by atoms with Gasteiger partial charge in [0.05, 0.1) is 23.8 Å². The van der Waals surface area contributed by atoms with Crippen LogP contribution in [0, 0.1) is 17.1 Å². The standard InChI is InChI=1S/C25H28FN5O3/c1-25(2,3)34-24(32)30-11-8-29(9-12-30)10-13-31-22-6-5-21(15-19(22)17-28-31)33-23-7-4-20(26)14-18(23)16-27/h4-7,14-15,17H,8-13H2,1-3H3. The minimum absolute atomic E-state index is 0.141. The molecule has 178 valence electrons. The van der Waals surface area contributed by atoms with Gasteiger partial charge in [0.25, 0.3) is 0 Å². The first-order chi connectivity index (χ1) is 16.2. The van der Waals surface area contributed by atoms with Crippen LogP contribution in [-0.4, -0.2) is 64.0 Å². The van der Waals surface area contributed by atoms with Crippen molar-refractivity contribution < 1.29 is 18.7 Å². The van der Waals surface area contributed by atoms with Gasteiger partial charge in [0.1, 0.15) is 29.0 Å². The summed E-state index contributed by atoms with van der Waals surface area (Å²) < 4.78 is 26.6. The summed E-state index contributed by atoms with van der Waals surface area (Å²) in [6, 6.07) is 11.4. The van der Waals surface area contributed by atoms with Gasteiger partial charge in [0.2, 0.25) is 0 Å². The molecule has 0 radical (unpaired) electrons. The number of carbonyl (C=O) groups excluding carboxylic acids is 1. The Labute approximate surface area is 198 Å². The van der Waals surface area contributed by atoms with E-state index < -0.39 is 11.4 Å². The fourth-order valence-corrected chi connectivity index (χ4v) is 3.83. The number of hydrogen-bond acceptors (Lipinski definition) is 6. The monoisotopic (exact) mass is 465 g/mol. The lowest BCUT2D eigenvalue weighted by Gasteiger charge is -2.35. The van der Waals surface area contributed by atoms with Crippen LogP contribution in [0.5, 0.6) is 11.5 Å². The summed E-state index contributed by atoms with van der Waals surface area (Å²) in [7, 11) is 0. The molecule has 0 spiro atoms. The summed E-state index contributed by atoms with van der Waals surface area (Å²) >= 11 is 0. The van der Waals surface area contributed by atoms with E-state index in [4.69, 9.17) is 9.47 Å². The van der Waals surface area contributed by atoms with Gasteiger partial charge < -0.3 is 14.4 Å². The summed E-state index contributed by atoms with van der Waals surface area (Å²) in [5, 5.41) is 14.6. The molecule has 1 aromatic heterocycles. The average Bonchev–Trinajstić information content (AvgIpc) is 3.20. The number of rotatable bonds is 5. The zero-order valence-electron chi connectivity index (χ0n) is 19.6. The van der Waals surface area contributed by atoms with Crippen molar-refractivity contribution in [3.05, 3.63) is 54.0 Å². The van der Waals surface area contributed by atoms with Crippen LogP contribution >= 0.6 is 0 Å². The first-order valence-corrected chi connectivity index (χ1v) is 11.3. The number of fused-ring (bicyclic) bond motifs is 1. The number of piperazine rings is 1. The maximum atomic E-state index is 13.4. The van der Waals surface area contributed by atoms with Crippen LogP contribution in [0.2, 0.25) is 0 Å². The maximum Gasteiger partial charge on any atom is 0.410 e. The quantitative estimate of drug-likeness (QED) is 0.556. The molecule has 1 saturated heterocycles. The topological polar surface area (TPSA) is 83.6 Å². The zero-order chi connectivity index (χ0) is 24.3. The van der Waals surface area contributed by atoms with E-state index in [9.17, 15) is 14.4 Å². The first kappa shape index (κ1) is 23.5. The Hall–Kier alpha value is -3.64. The highest BCUT2D eigenvalue weighted by Crippen LogP contribution is 2.28. The van der Waals surface area contributed by atoms with E-state index in [2.05, 4.69) is 10.00 Å². The average molecular weight is 466 g/mol. The Balaban J connectivity index is 1.34. The highest BCUT2D eigenvalue weighted by Gasteiger charge is 2.25. The van der Waals surface area contributed by atoms with Crippen molar-refractivity contribution >= 4 is 17.0 Å². The number of amides is 1. The highest BCUT2D eigenvalue weighted by molar-refractivity contribution is 5.80. The van der Waals surface area contributed by atoms with Crippen molar-refractivity contribution in [1.82, 2.24) is 19.6 Å². The summed E-state index contributed by atoms with van der Waals surface area (Å²) in [6.45, 7) is 10.0. The molecule has 1 fully saturated rings. The van der Waals surface area contributed by atoms with Crippen LogP contribution in [0.4, 0.5) is 9.18 Å². The Morgan fingerprint density at radius 3 is 2.59 bits per heavy atom. The second-order valence-electron chi connectivity index (χ2n) is 9.25. The highest BCUT2D eigenvalue weighted by atomic mass is 19.1. The van der Waals surface area contributed by atoms with Gasteiger partial charge in [-0.25, -0.2) is 9.18 Å².